The summed E-state index contributed by atoms with van der Waals surface area (Å²) in [5, 5.41) is 12.4. The Morgan fingerprint density at radius 3 is 2.40 bits per heavy atom. The summed E-state index contributed by atoms with van der Waals surface area (Å²) in [6.45, 7) is 6.52. The van der Waals surface area contributed by atoms with Crippen LogP contribution < -0.4 is 5.32 Å². The third-order valence-electron chi connectivity index (χ3n) is 4.57. The van der Waals surface area contributed by atoms with Crippen LogP contribution in [-0.4, -0.2) is 17.6 Å². The number of carboxylic acid groups (broad SMARTS) is 1. The van der Waals surface area contributed by atoms with E-state index >= 15 is 0 Å². The standard InChI is InChI=1S/C17H25NO2/c1-17(2,15-5-3-4-6-15)12-18-11-13-7-9-14(10-8-13)16(19)20/h7-10,15,18H,3-6,11-12H2,1-2H3,(H,19,20). The molecule has 0 unspecified atom stereocenters. The van der Waals surface area contributed by atoms with Crippen LogP contribution in [0.15, 0.2) is 24.3 Å². The average Bonchev–Trinajstić information content (AvgIpc) is 2.94. The molecule has 0 saturated heterocycles. The van der Waals surface area contributed by atoms with E-state index in [1.807, 2.05) is 12.1 Å². The topological polar surface area (TPSA) is 49.3 Å². The molecule has 0 amide bonds. The third kappa shape index (κ3) is 3.83. The second kappa shape index (κ2) is 6.40. The van der Waals surface area contributed by atoms with Crippen LogP contribution in [-0.2, 0) is 6.54 Å². The highest BCUT2D eigenvalue weighted by molar-refractivity contribution is 5.87. The molecular weight excluding hydrogens is 250 g/mol. The summed E-state index contributed by atoms with van der Waals surface area (Å²) in [6, 6.07) is 7.11. The minimum absolute atomic E-state index is 0.345. The second-order valence-corrected chi connectivity index (χ2v) is 6.58. The maximum absolute atomic E-state index is 10.8. The summed E-state index contributed by atoms with van der Waals surface area (Å²) in [4.78, 5) is 10.8. The van der Waals surface area contributed by atoms with Gasteiger partial charge in [-0.15, -0.1) is 0 Å². The molecule has 0 bridgehead atoms. The van der Waals surface area contributed by atoms with Gasteiger partial charge in [0.25, 0.3) is 0 Å². The number of rotatable bonds is 6. The van der Waals surface area contributed by atoms with Crippen molar-refractivity contribution >= 4 is 5.97 Å². The van der Waals surface area contributed by atoms with Crippen LogP contribution in [0.1, 0.15) is 55.5 Å². The molecule has 0 aromatic heterocycles. The van der Waals surface area contributed by atoms with Crippen molar-refractivity contribution in [1.29, 1.82) is 0 Å². The van der Waals surface area contributed by atoms with E-state index in [0.29, 0.717) is 11.0 Å². The molecule has 0 heterocycles. The number of benzene rings is 1. The lowest BCUT2D eigenvalue weighted by molar-refractivity contribution is 0.0697. The SMILES string of the molecule is CC(C)(CNCc1ccc(C(=O)O)cc1)C1CCCC1. The number of carbonyl (C=O) groups is 1. The van der Waals surface area contributed by atoms with Gasteiger partial charge >= 0.3 is 5.97 Å². The van der Waals surface area contributed by atoms with Gasteiger partial charge in [0.05, 0.1) is 5.56 Å². The van der Waals surface area contributed by atoms with Gasteiger partial charge in [-0.2, -0.15) is 0 Å². The summed E-state index contributed by atoms with van der Waals surface area (Å²) < 4.78 is 0. The Morgan fingerprint density at radius 2 is 1.85 bits per heavy atom. The fraction of sp³-hybridized carbons (Fsp3) is 0.588. The van der Waals surface area contributed by atoms with E-state index in [1.54, 1.807) is 12.1 Å². The number of hydrogen-bond acceptors (Lipinski definition) is 2. The van der Waals surface area contributed by atoms with Crippen molar-refractivity contribution in [2.75, 3.05) is 6.54 Å². The molecule has 1 saturated carbocycles. The molecule has 2 N–H and O–H groups in total. The van der Waals surface area contributed by atoms with E-state index < -0.39 is 5.97 Å². The summed E-state index contributed by atoms with van der Waals surface area (Å²) in [5.41, 5.74) is 1.83. The van der Waals surface area contributed by atoms with Gasteiger partial charge in [0.15, 0.2) is 0 Å². The highest BCUT2D eigenvalue weighted by Crippen LogP contribution is 2.38. The van der Waals surface area contributed by atoms with E-state index in [4.69, 9.17) is 5.11 Å². The van der Waals surface area contributed by atoms with Gasteiger partial charge < -0.3 is 10.4 Å². The highest BCUT2D eigenvalue weighted by Gasteiger charge is 2.31. The zero-order chi connectivity index (χ0) is 14.6. The zero-order valence-electron chi connectivity index (χ0n) is 12.5. The molecule has 0 atom stereocenters. The van der Waals surface area contributed by atoms with Crippen LogP contribution in [0.4, 0.5) is 0 Å². The summed E-state index contributed by atoms with van der Waals surface area (Å²) in [5.74, 6) is -0.0312. The molecule has 0 aliphatic heterocycles. The van der Waals surface area contributed by atoms with Crippen LogP contribution in [0.3, 0.4) is 0 Å². The Morgan fingerprint density at radius 1 is 1.25 bits per heavy atom. The van der Waals surface area contributed by atoms with Crippen LogP contribution in [0.2, 0.25) is 0 Å². The molecule has 3 nitrogen and oxygen atoms in total. The van der Waals surface area contributed by atoms with E-state index in [1.165, 1.54) is 25.7 Å². The predicted octanol–water partition coefficient (Wildman–Crippen LogP) is 3.69. The minimum atomic E-state index is -0.869. The first-order valence-electron chi connectivity index (χ1n) is 7.52. The molecule has 1 aliphatic carbocycles. The van der Waals surface area contributed by atoms with E-state index in [-0.39, 0.29) is 0 Å². The predicted molar refractivity (Wildman–Crippen MR) is 80.8 cm³/mol. The lowest BCUT2D eigenvalue weighted by Gasteiger charge is -2.32. The normalized spacial score (nSPS) is 16.5. The first-order valence-corrected chi connectivity index (χ1v) is 7.52. The fourth-order valence-electron chi connectivity index (χ4n) is 3.15. The molecule has 20 heavy (non-hydrogen) atoms. The van der Waals surface area contributed by atoms with Crippen molar-refractivity contribution in [3.05, 3.63) is 35.4 Å². The minimum Gasteiger partial charge on any atom is -0.478 e. The molecule has 1 aromatic carbocycles. The molecule has 110 valence electrons. The van der Waals surface area contributed by atoms with Crippen molar-refractivity contribution in [1.82, 2.24) is 5.32 Å². The van der Waals surface area contributed by atoms with Gasteiger partial charge in [-0.25, -0.2) is 4.79 Å². The molecule has 1 aliphatic rings. The van der Waals surface area contributed by atoms with E-state index in [2.05, 4.69) is 19.2 Å². The Labute approximate surface area is 121 Å². The highest BCUT2D eigenvalue weighted by atomic mass is 16.4. The quantitative estimate of drug-likeness (QED) is 0.832. The molecule has 0 spiro atoms. The molecule has 2 rings (SSSR count). The van der Waals surface area contributed by atoms with Crippen molar-refractivity contribution in [2.24, 2.45) is 11.3 Å². The molecule has 1 fully saturated rings. The number of hydrogen-bond donors (Lipinski definition) is 2. The molecular formula is C17H25NO2. The maximum atomic E-state index is 10.8. The third-order valence-corrected chi connectivity index (χ3v) is 4.57. The van der Waals surface area contributed by atoms with Gasteiger partial charge in [-0.1, -0.05) is 38.8 Å². The molecule has 3 heteroatoms. The van der Waals surface area contributed by atoms with E-state index in [9.17, 15) is 4.79 Å². The van der Waals surface area contributed by atoms with Gasteiger partial charge in [0, 0.05) is 13.1 Å². The number of nitrogens with one attached hydrogen (secondary N) is 1. The average molecular weight is 275 g/mol. The van der Waals surface area contributed by atoms with Crippen molar-refractivity contribution in [3.63, 3.8) is 0 Å². The Balaban J connectivity index is 1.81. The second-order valence-electron chi connectivity index (χ2n) is 6.58. The van der Waals surface area contributed by atoms with Crippen LogP contribution in [0.5, 0.6) is 0 Å². The van der Waals surface area contributed by atoms with Crippen LogP contribution in [0, 0.1) is 11.3 Å². The zero-order valence-corrected chi connectivity index (χ0v) is 12.5. The Bertz CT molecular complexity index is 445. The van der Waals surface area contributed by atoms with Crippen LogP contribution >= 0.6 is 0 Å². The van der Waals surface area contributed by atoms with Crippen molar-refractivity contribution < 1.29 is 9.90 Å². The lowest BCUT2D eigenvalue weighted by Crippen LogP contribution is -2.34. The molecule has 1 aromatic rings. The number of aromatic carboxylic acids is 1. The van der Waals surface area contributed by atoms with Gasteiger partial charge in [0.2, 0.25) is 0 Å². The first kappa shape index (κ1) is 15.0. The maximum Gasteiger partial charge on any atom is 0.335 e. The fourth-order valence-corrected chi connectivity index (χ4v) is 3.15. The van der Waals surface area contributed by atoms with Gasteiger partial charge in [-0.3, -0.25) is 0 Å². The van der Waals surface area contributed by atoms with Gasteiger partial charge in [-0.05, 0) is 41.9 Å². The lowest BCUT2D eigenvalue weighted by atomic mass is 9.77. The summed E-state index contributed by atoms with van der Waals surface area (Å²) in [6.07, 6.45) is 5.49. The van der Waals surface area contributed by atoms with Crippen molar-refractivity contribution in [2.45, 2.75) is 46.1 Å². The smallest absolute Gasteiger partial charge is 0.335 e. The monoisotopic (exact) mass is 275 g/mol. The molecule has 0 radical (unpaired) electrons. The first-order chi connectivity index (χ1) is 9.49. The largest absolute Gasteiger partial charge is 0.478 e. The van der Waals surface area contributed by atoms with Gasteiger partial charge in [0.1, 0.15) is 0 Å². The number of carboxylic acids is 1. The Kier molecular flexibility index (Phi) is 4.81. The van der Waals surface area contributed by atoms with Crippen molar-refractivity contribution in [3.8, 4) is 0 Å². The Hall–Kier alpha value is -1.35. The summed E-state index contributed by atoms with van der Waals surface area (Å²) >= 11 is 0. The van der Waals surface area contributed by atoms with Crippen LogP contribution in [0.25, 0.3) is 0 Å². The van der Waals surface area contributed by atoms with E-state index in [0.717, 1.165) is 24.6 Å². The summed E-state index contributed by atoms with van der Waals surface area (Å²) in [7, 11) is 0.